The van der Waals surface area contributed by atoms with Gasteiger partial charge in [0, 0.05) is 38.2 Å². The Hall–Kier alpha value is -2.26. The molecule has 1 amide bonds. The van der Waals surface area contributed by atoms with Gasteiger partial charge in [-0.05, 0) is 25.3 Å². The van der Waals surface area contributed by atoms with E-state index in [-0.39, 0.29) is 29.8 Å². The topological polar surface area (TPSA) is 101 Å². The van der Waals surface area contributed by atoms with E-state index in [0.29, 0.717) is 13.1 Å². The number of carbonyl (C=O) groups is 1. The minimum absolute atomic E-state index is 0.0293. The Morgan fingerprint density at radius 1 is 1.12 bits per heavy atom. The van der Waals surface area contributed by atoms with Gasteiger partial charge in [-0.25, -0.2) is 8.42 Å². The third kappa shape index (κ3) is 3.63. The number of piperazine rings is 1. The maximum Gasteiger partial charge on any atom is 0.289 e. The van der Waals surface area contributed by atoms with Crippen LogP contribution in [0.25, 0.3) is 0 Å². The van der Waals surface area contributed by atoms with Gasteiger partial charge in [-0.1, -0.05) is 24.3 Å². The van der Waals surface area contributed by atoms with Crippen LogP contribution in [-0.2, 0) is 14.8 Å². The van der Waals surface area contributed by atoms with Crippen LogP contribution in [0.2, 0.25) is 0 Å². The fourth-order valence-corrected chi connectivity index (χ4v) is 4.97. The van der Waals surface area contributed by atoms with Crippen LogP contribution < -0.4 is 0 Å². The second-order valence-electron chi connectivity index (χ2n) is 6.44. The summed E-state index contributed by atoms with van der Waals surface area (Å²) in [5.74, 6) is 0.0375. The molecule has 2 aliphatic rings. The lowest BCUT2D eigenvalue weighted by Gasteiger charge is -2.36. The van der Waals surface area contributed by atoms with Crippen LogP contribution in [0.4, 0.5) is 5.69 Å². The van der Waals surface area contributed by atoms with Gasteiger partial charge in [-0.3, -0.25) is 14.9 Å². The summed E-state index contributed by atoms with van der Waals surface area (Å²) < 4.78 is 26.8. The molecule has 1 heterocycles. The van der Waals surface area contributed by atoms with Gasteiger partial charge in [-0.2, -0.15) is 4.31 Å². The molecule has 1 saturated heterocycles. The van der Waals surface area contributed by atoms with Crippen molar-refractivity contribution in [1.82, 2.24) is 9.21 Å². The molecular formula is C17H21N3O5S. The highest BCUT2D eigenvalue weighted by atomic mass is 32.2. The van der Waals surface area contributed by atoms with Crippen molar-refractivity contribution < 1.29 is 18.1 Å². The highest BCUT2D eigenvalue weighted by Gasteiger charge is 2.35. The van der Waals surface area contributed by atoms with Gasteiger partial charge in [-0.15, -0.1) is 0 Å². The molecule has 1 aromatic carbocycles. The predicted molar refractivity (Wildman–Crippen MR) is 94.9 cm³/mol. The zero-order valence-corrected chi connectivity index (χ0v) is 15.1. The molecule has 1 aliphatic carbocycles. The van der Waals surface area contributed by atoms with E-state index in [0.717, 1.165) is 19.3 Å². The molecule has 140 valence electrons. The number of nitro groups is 1. The Morgan fingerprint density at radius 2 is 1.81 bits per heavy atom. The second kappa shape index (κ2) is 7.55. The maximum atomic E-state index is 12.8. The molecule has 1 unspecified atom stereocenters. The van der Waals surface area contributed by atoms with Crippen LogP contribution in [0.3, 0.4) is 0 Å². The van der Waals surface area contributed by atoms with Crippen molar-refractivity contribution in [3.8, 4) is 0 Å². The largest absolute Gasteiger partial charge is 0.340 e. The number of carbonyl (C=O) groups excluding carboxylic acids is 1. The normalized spacial score (nSPS) is 21.5. The van der Waals surface area contributed by atoms with E-state index >= 15 is 0 Å². The van der Waals surface area contributed by atoms with Crippen molar-refractivity contribution in [2.24, 2.45) is 5.92 Å². The highest BCUT2D eigenvalue weighted by Crippen LogP contribution is 2.27. The standard InChI is InChI=1S/C17H21N3O5S/c21-17(14-6-2-1-3-7-14)18-10-12-19(13-11-18)26(24,25)16-9-5-4-8-15(16)20(22)23/h1-2,4-5,8-9,14H,3,6-7,10-13H2. The van der Waals surface area contributed by atoms with Crippen LogP contribution in [-0.4, -0.2) is 54.6 Å². The first-order valence-electron chi connectivity index (χ1n) is 8.58. The van der Waals surface area contributed by atoms with Crippen molar-refractivity contribution in [3.63, 3.8) is 0 Å². The zero-order valence-electron chi connectivity index (χ0n) is 14.3. The molecule has 9 heteroatoms. The molecule has 1 atom stereocenters. The first-order valence-corrected chi connectivity index (χ1v) is 10.0. The lowest BCUT2D eigenvalue weighted by atomic mass is 9.93. The summed E-state index contributed by atoms with van der Waals surface area (Å²) in [5.41, 5.74) is -0.431. The fraction of sp³-hybridized carbons (Fsp3) is 0.471. The van der Waals surface area contributed by atoms with Crippen LogP contribution in [0, 0.1) is 16.0 Å². The Kier molecular flexibility index (Phi) is 5.38. The highest BCUT2D eigenvalue weighted by molar-refractivity contribution is 7.89. The fourth-order valence-electron chi connectivity index (χ4n) is 3.39. The van der Waals surface area contributed by atoms with Crippen LogP contribution in [0.15, 0.2) is 41.3 Å². The van der Waals surface area contributed by atoms with E-state index in [1.54, 1.807) is 4.90 Å². The van der Waals surface area contributed by atoms with E-state index in [4.69, 9.17) is 0 Å². The van der Waals surface area contributed by atoms with Gasteiger partial charge >= 0.3 is 0 Å². The van der Waals surface area contributed by atoms with Crippen LogP contribution in [0.5, 0.6) is 0 Å². The van der Waals surface area contributed by atoms with Gasteiger partial charge in [0.25, 0.3) is 5.69 Å². The third-order valence-electron chi connectivity index (χ3n) is 4.85. The Labute approximate surface area is 152 Å². The van der Waals surface area contributed by atoms with Gasteiger partial charge in [0.2, 0.25) is 15.9 Å². The predicted octanol–water partition coefficient (Wildman–Crippen LogP) is 1.78. The molecule has 0 spiro atoms. The number of benzene rings is 1. The van der Waals surface area contributed by atoms with Gasteiger partial charge < -0.3 is 4.90 Å². The molecule has 1 aromatic rings. The van der Waals surface area contributed by atoms with Crippen molar-refractivity contribution in [2.75, 3.05) is 26.2 Å². The SMILES string of the molecule is O=C(C1CC=CCC1)N1CCN(S(=O)(=O)c2ccccc2[N+](=O)[O-])CC1. The number of rotatable bonds is 4. The van der Waals surface area contributed by atoms with E-state index in [1.807, 2.05) is 6.08 Å². The lowest BCUT2D eigenvalue weighted by Crippen LogP contribution is -2.52. The first kappa shape index (κ1) is 18.5. The molecule has 0 N–H and O–H groups in total. The Balaban J connectivity index is 1.70. The molecule has 0 saturated carbocycles. The number of sulfonamides is 1. The summed E-state index contributed by atoms with van der Waals surface area (Å²) in [4.78, 5) is 24.4. The Morgan fingerprint density at radius 3 is 2.42 bits per heavy atom. The second-order valence-corrected chi connectivity index (χ2v) is 8.34. The van der Waals surface area contributed by atoms with E-state index in [9.17, 15) is 23.3 Å². The van der Waals surface area contributed by atoms with Crippen molar-refractivity contribution >= 4 is 21.6 Å². The van der Waals surface area contributed by atoms with Gasteiger partial charge in [0.15, 0.2) is 4.90 Å². The molecule has 8 nitrogen and oxygen atoms in total. The molecule has 1 fully saturated rings. The molecule has 3 rings (SSSR count). The Bertz CT molecular complexity index is 829. The van der Waals surface area contributed by atoms with Crippen LogP contribution >= 0.6 is 0 Å². The summed E-state index contributed by atoms with van der Waals surface area (Å²) in [6, 6.07) is 5.34. The zero-order chi connectivity index (χ0) is 18.7. The molecule has 26 heavy (non-hydrogen) atoms. The summed E-state index contributed by atoms with van der Waals surface area (Å²) in [6.07, 6.45) is 6.53. The summed E-state index contributed by atoms with van der Waals surface area (Å²) in [7, 11) is -3.97. The summed E-state index contributed by atoms with van der Waals surface area (Å²) >= 11 is 0. The number of nitrogens with zero attached hydrogens (tertiary/aromatic N) is 3. The smallest absolute Gasteiger partial charge is 0.289 e. The third-order valence-corrected chi connectivity index (χ3v) is 6.79. The lowest BCUT2D eigenvalue weighted by molar-refractivity contribution is -0.387. The van der Waals surface area contributed by atoms with Gasteiger partial charge in [0.05, 0.1) is 4.92 Å². The molecule has 0 radical (unpaired) electrons. The number of hydrogen-bond acceptors (Lipinski definition) is 5. The number of para-hydroxylation sites is 1. The maximum absolute atomic E-state index is 12.8. The number of amides is 1. The molecular weight excluding hydrogens is 358 g/mol. The minimum Gasteiger partial charge on any atom is -0.340 e. The number of nitro benzene ring substituents is 1. The molecule has 0 aromatic heterocycles. The molecule has 0 bridgehead atoms. The molecule has 1 aliphatic heterocycles. The average molecular weight is 379 g/mol. The van der Waals surface area contributed by atoms with E-state index in [1.165, 1.54) is 28.6 Å². The van der Waals surface area contributed by atoms with E-state index in [2.05, 4.69) is 6.08 Å². The monoisotopic (exact) mass is 379 g/mol. The van der Waals surface area contributed by atoms with E-state index < -0.39 is 20.6 Å². The van der Waals surface area contributed by atoms with Crippen molar-refractivity contribution in [3.05, 3.63) is 46.5 Å². The van der Waals surface area contributed by atoms with Crippen molar-refractivity contribution in [1.29, 1.82) is 0 Å². The number of allylic oxidation sites excluding steroid dienone is 2. The van der Waals surface area contributed by atoms with Gasteiger partial charge in [0.1, 0.15) is 0 Å². The first-order chi connectivity index (χ1) is 12.4. The summed E-state index contributed by atoms with van der Waals surface area (Å²) in [5, 5.41) is 11.1. The van der Waals surface area contributed by atoms with Crippen LogP contribution in [0.1, 0.15) is 19.3 Å². The summed E-state index contributed by atoms with van der Waals surface area (Å²) in [6.45, 7) is 0.892. The number of hydrogen-bond donors (Lipinski definition) is 0. The minimum atomic E-state index is -3.97. The quantitative estimate of drug-likeness (QED) is 0.451. The average Bonchev–Trinajstić information content (AvgIpc) is 2.68. The van der Waals surface area contributed by atoms with Crippen molar-refractivity contribution in [2.45, 2.75) is 24.2 Å².